The number of ether oxygens (including phenoxy) is 1. The number of carboxylic acid groups (broad SMARTS) is 1. The van der Waals surface area contributed by atoms with Crippen molar-refractivity contribution in [3.63, 3.8) is 0 Å². The minimum atomic E-state index is -1.16. The number of benzene rings is 2. The van der Waals surface area contributed by atoms with E-state index in [1.54, 1.807) is 6.20 Å². The number of hydrogen-bond acceptors (Lipinski definition) is 6. The number of aromatic nitrogens is 3. The predicted octanol–water partition coefficient (Wildman–Crippen LogP) is 8.95. The van der Waals surface area contributed by atoms with Gasteiger partial charge in [-0.3, -0.25) is 9.97 Å². The average Bonchev–Trinajstić information content (AvgIpc) is 3.54. The molecule has 0 radical (unpaired) electrons. The standard InChI is InChI=1S/C34H30ClN3O3S/c1-18-6-11-25-24(18)15-22(17-37-25)26-16-21(12-13-36-26)32-38-27-14-19(2)28(30(33(39)40)41-34(3,4)5)29(31(27)42-32)20-7-9-23(35)10-8-20/h6-10,12-17,30H,11H2,1-5H3,(H,39,40)/t30-/m0/s1. The molecule has 0 bridgehead atoms. The van der Waals surface area contributed by atoms with Crippen LogP contribution in [0.4, 0.5) is 0 Å². The summed E-state index contributed by atoms with van der Waals surface area (Å²) in [5.41, 5.74) is 9.37. The van der Waals surface area contributed by atoms with Crippen LogP contribution in [0.1, 0.15) is 56.2 Å². The van der Waals surface area contributed by atoms with Gasteiger partial charge in [0.25, 0.3) is 0 Å². The molecule has 3 heterocycles. The molecule has 6 rings (SSSR count). The Balaban J connectivity index is 1.52. The van der Waals surface area contributed by atoms with Gasteiger partial charge in [0.15, 0.2) is 6.10 Å². The molecule has 1 atom stereocenters. The monoisotopic (exact) mass is 595 g/mol. The van der Waals surface area contributed by atoms with Crippen LogP contribution >= 0.6 is 22.9 Å². The maximum Gasteiger partial charge on any atom is 0.337 e. The fraction of sp³-hybridized carbons (Fsp3) is 0.235. The fourth-order valence-electron chi connectivity index (χ4n) is 5.38. The van der Waals surface area contributed by atoms with Crippen LogP contribution in [-0.2, 0) is 16.0 Å². The van der Waals surface area contributed by atoms with Crippen molar-refractivity contribution in [3.05, 3.63) is 94.4 Å². The number of nitrogens with zero attached hydrogens (tertiary/aromatic N) is 3. The Morgan fingerprint density at radius 1 is 1.02 bits per heavy atom. The SMILES string of the molecule is CC1=CCc2ncc(-c3cc(-c4nc5cc(C)c([C@H](OC(C)(C)C)C(=O)O)c(-c6ccc(Cl)cc6)c5s4)ccn3)cc21. The lowest BCUT2D eigenvalue weighted by Gasteiger charge is -2.28. The molecule has 1 N–H and O–H groups in total. The Morgan fingerprint density at radius 3 is 2.50 bits per heavy atom. The zero-order valence-electron chi connectivity index (χ0n) is 24.0. The Hall–Kier alpha value is -3.91. The predicted molar refractivity (Wildman–Crippen MR) is 170 cm³/mol. The molecule has 2 aromatic carbocycles. The molecule has 0 aliphatic heterocycles. The second kappa shape index (κ2) is 10.7. The van der Waals surface area contributed by atoms with Crippen molar-refractivity contribution in [3.8, 4) is 33.0 Å². The van der Waals surface area contributed by atoms with Gasteiger partial charge in [0.1, 0.15) is 5.01 Å². The van der Waals surface area contributed by atoms with Gasteiger partial charge < -0.3 is 9.84 Å². The second-order valence-corrected chi connectivity index (χ2v) is 13.0. The number of thiazole rings is 1. The zero-order chi connectivity index (χ0) is 29.8. The highest BCUT2D eigenvalue weighted by Crippen LogP contribution is 2.44. The first kappa shape index (κ1) is 28.2. The Labute approximate surface area is 253 Å². The number of halogens is 1. The first-order chi connectivity index (χ1) is 20.0. The summed E-state index contributed by atoms with van der Waals surface area (Å²) >= 11 is 7.76. The molecule has 0 saturated heterocycles. The van der Waals surface area contributed by atoms with E-state index in [1.165, 1.54) is 22.5 Å². The van der Waals surface area contributed by atoms with Crippen LogP contribution < -0.4 is 0 Å². The van der Waals surface area contributed by atoms with E-state index < -0.39 is 17.7 Å². The van der Waals surface area contributed by atoms with Crippen LogP contribution in [0.2, 0.25) is 5.02 Å². The molecule has 6 nitrogen and oxygen atoms in total. The normalized spacial score (nSPS) is 13.7. The van der Waals surface area contributed by atoms with E-state index in [-0.39, 0.29) is 0 Å². The van der Waals surface area contributed by atoms with Crippen LogP contribution in [-0.4, -0.2) is 31.6 Å². The van der Waals surface area contributed by atoms with Gasteiger partial charge in [-0.15, -0.1) is 11.3 Å². The fourth-order valence-corrected chi connectivity index (χ4v) is 6.63. The van der Waals surface area contributed by atoms with Gasteiger partial charge >= 0.3 is 5.97 Å². The summed E-state index contributed by atoms with van der Waals surface area (Å²) in [4.78, 5) is 27.0. The minimum absolute atomic E-state index is 0.603. The molecule has 0 saturated carbocycles. The summed E-state index contributed by atoms with van der Waals surface area (Å²) in [5.74, 6) is -1.04. The van der Waals surface area contributed by atoms with Crippen LogP contribution in [0.3, 0.4) is 0 Å². The van der Waals surface area contributed by atoms with Gasteiger partial charge in [0, 0.05) is 46.1 Å². The minimum Gasteiger partial charge on any atom is -0.479 e. The molecule has 3 aromatic heterocycles. The number of fused-ring (bicyclic) bond motifs is 2. The van der Waals surface area contributed by atoms with E-state index in [4.69, 9.17) is 21.3 Å². The van der Waals surface area contributed by atoms with Crippen molar-refractivity contribution in [1.29, 1.82) is 0 Å². The summed E-state index contributed by atoms with van der Waals surface area (Å²) in [6, 6.07) is 15.5. The number of allylic oxidation sites excluding steroid dienone is 2. The second-order valence-electron chi connectivity index (χ2n) is 11.5. The average molecular weight is 596 g/mol. The molecule has 42 heavy (non-hydrogen) atoms. The maximum atomic E-state index is 12.6. The summed E-state index contributed by atoms with van der Waals surface area (Å²) in [7, 11) is 0. The highest BCUT2D eigenvalue weighted by Gasteiger charge is 2.32. The molecule has 8 heteroatoms. The van der Waals surface area contributed by atoms with E-state index in [2.05, 4.69) is 29.0 Å². The molecule has 5 aromatic rings. The lowest BCUT2D eigenvalue weighted by molar-refractivity contribution is -0.160. The van der Waals surface area contributed by atoms with Crippen LogP contribution in [0.15, 0.2) is 67.0 Å². The molecule has 0 unspecified atom stereocenters. The third-order valence-corrected chi connectivity index (χ3v) is 8.71. The zero-order valence-corrected chi connectivity index (χ0v) is 25.6. The summed E-state index contributed by atoms with van der Waals surface area (Å²) in [5, 5.41) is 11.7. The largest absolute Gasteiger partial charge is 0.479 e. The quantitative estimate of drug-likeness (QED) is 0.211. The number of carbonyl (C=O) groups is 1. The molecular formula is C34H30ClN3O3S. The topological polar surface area (TPSA) is 85.2 Å². The number of rotatable bonds is 6. The first-order valence-electron chi connectivity index (χ1n) is 13.7. The van der Waals surface area contributed by atoms with Crippen LogP contribution in [0.25, 0.3) is 48.7 Å². The van der Waals surface area contributed by atoms with Gasteiger partial charge in [-0.25, -0.2) is 9.78 Å². The Kier molecular flexibility index (Phi) is 7.21. The lowest BCUT2D eigenvalue weighted by Crippen LogP contribution is -2.28. The summed E-state index contributed by atoms with van der Waals surface area (Å²) < 4.78 is 7.02. The Bertz CT molecular complexity index is 1890. The molecule has 212 valence electrons. The van der Waals surface area contributed by atoms with E-state index in [9.17, 15) is 9.90 Å². The van der Waals surface area contributed by atoms with Crippen LogP contribution in [0, 0.1) is 6.92 Å². The number of hydrogen-bond donors (Lipinski definition) is 1. The lowest BCUT2D eigenvalue weighted by atomic mass is 9.91. The number of carboxylic acids is 1. The Morgan fingerprint density at radius 2 is 1.79 bits per heavy atom. The van der Waals surface area contributed by atoms with E-state index in [0.717, 1.165) is 60.9 Å². The van der Waals surface area contributed by atoms with Gasteiger partial charge in [-0.1, -0.05) is 29.8 Å². The molecule has 0 spiro atoms. The van der Waals surface area contributed by atoms with Crippen molar-refractivity contribution in [2.75, 3.05) is 0 Å². The highest BCUT2D eigenvalue weighted by atomic mass is 35.5. The van der Waals surface area contributed by atoms with Crippen LogP contribution in [0.5, 0.6) is 0 Å². The van der Waals surface area contributed by atoms with Crippen molar-refractivity contribution in [2.45, 2.75) is 52.7 Å². The molecule has 1 aliphatic rings. The van der Waals surface area contributed by atoms with Gasteiger partial charge in [-0.05, 0) is 93.3 Å². The van der Waals surface area contributed by atoms with E-state index >= 15 is 0 Å². The third kappa shape index (κ3) is 5.36. The number of pyridine rings is 2. The molecule has 0 amide bonds. The number of aryl methyl sites for hydroxylation is 1. The van der Waals surface area contributed by atoms with Gasteiger partial charge in [-0.2, -0.15) is 0 Å². The van der Waals surface area contributed by atoms with E-state index in [0.29, 0.717) is 10.6 Å². The van der Waals surface area contributed by atoms with Crippen molar-refractivity contribution >= 4 is 44.7 Å². The van der Waals surface area contributed by atoms with E-state index in [1.807, 2.05) is 76.4 Å². The van der Waals surface area contributed by atoms with Crippen molar-refractivity contribution in [1.82, 2.24) is 15.0 Å². The van der Waals surface area contributed by atoms with Gasteiger partial charge in [0.05, 0.1) is 27.2 Å². The highest BCUT2D eigenvalue weighted by molar-refractivity contribution is 7.22. The molecule has 1 aliphatic carbocycles. The maximum absolute atomic E-state index is 12.6. The molecule has 0 fully saturated rings. The van der Waals surface area contributed by atoms with Crippen molar-refractivity contribution < 1.29 is 14.6 Å². The third-order valence-electron chi connectivity index (χ3n) is 7.32. The van der Waals surface area contributed by atoms with Crippen molar-refractivity contribution in [2.24, 2.45) is 0 Å². The summed E-state index contributed by atoms with van der Waals surface area (Å²) in [6.07, 6.45) is 5.57. The molecular weight excluding hydrogens is 566 g/mol. The first-order valence-corrected chi connectivity index (χ1v) is 14.9. The smallest absolute Gasteiger partial charge is 0.337 e. The summed E-state index contributed by atoms with van der Waals surface area (Å²) in [6.45, 7) is 9.60. The van der Waals surface area contributed by atoms with Gasteiger partial charge in [0.2, 0.25) is 0 Å². The number of aliphatic carboxylic acids is 1.